The van der Waals surface area contributed by atoms with Crippen LogP contribution < -0.4 is 0 Å². The number of rotatable bonds is 14. The molecule has 1 aliphatic rings. The van der Waals surface area contributed by atoms with Gasteiger partial charge in [-0.25, -0.2) is 0 Å². The van der Waals surface area contributed by atoms with Crippen molar-refractivity contribution >= 4 is 0 Å². The van der Waals surface area contributed by atoms with Crippen LogP contribution in [0.5, 0.6) is 0 Å². The van der Waals surface area contributed by atoms with Gasteiger partial charge in [0.2, 0.25) is 0 Å². The fraction of sp³-hybridized carbons (Fsp3) is 0.533. The molecule has 0 bridgehead atoms. The molecule has 174 valence electrons. The maximum absolute atomic E-state index is 2.66. The summed E-state index contributed by atoms with van der Waals surface area (Å²) < 4.78 is 0. The molecule has 0 aliphatic carbocycles. The molecule has 0 N–H and O–H groups in total. The minimum absolute atomic E-state index is 0.0570. The lowest BCUT2D eigenvalue weighted by atomic mass is 9.78. The summed E-state index contributed by atoms with van der Waals surface area (Å²) in [4.78, 5) is 5.16. The van der Waals surface area contributed by atoms with Gasteiger partial charge >= 0.3 is 0 Å². The zero-order chi connectivity index (χ0) is 22.7. The first-order valence-corrected chi connectivity index (χ1v) is 13.0. The summed E-state index contributed by atoms with van der Waals surface area (Å²) in [7, 11) is 2.28. The van der Waals surface area contributed by atoms with E-state index in [0.29, 0.717) is 5.92 Å². The number of unbranched alkanes of at least 4 members (excludes halogenated alkanes) is 7. The molecule has 0 radical (unpaired) electrons. The maximum atomic E-state index is 2.66. The van der Waals surface area contributed by atoms with Gasteiger partial charge in [-0.15, -0.1) is 0 Å². The van der Waals surface area contributed by atoms with Gasteiger partial charge in [0.1, 0.15) is 5.66 Å². The van der Waals surface area contributed by atoms with Crippen LogP contribution >= 0.6 is 0 Å². The maximum Gasteiger partial charge on any atom is 0.123 e. The lowest BCUT2D eigenvalue weighted by Gasteiger charge is -2.50. The van der Waals surface area contributed by atoms with Gasteiger partial charge in [-0.05, 0) is 24.0 Å². The van der Waals surface area contributed by atoms with E-state index in [2.05, 4.69) is 104 Å². The topological polar surface area (TPSA) is 6.48 Å². The van der Waals surface area contributed by atoms with Gasteiger partial charge in [0, 0.05) is 38.3 Å². The molecule has 2 nitrogen and oxygen atoms in total. The van der Waals surface area contributed by atoms with Crippen LogP contribution in [0.25, 0.3) is 0 Å². The van der Waals surface area contributed by atoms with Gasteiger partial charge < -0.3 is 9.80 Å². The highest BCUT2D eigenvalue weighted by Crippen LogP contribution is 2.44. The van der Waals surface area contributed by atoms with Gasteiger partial charge in [-0.2, -0.15) is 0 Å². The zero-order valence-corrected chi connectivity index (χ0v) is 20.7. The number of hydrogen-bond donors (Lipinski definition) is 0. The Morgan fingerprint density at radius 3 is 1.94 bits per heavy atom. The van der Waals surface area contributed by atoms with Crippen LogP contribution in [0, 0.1) is 0 Å². The molecule has 2 aromatic rings. The summed E-state index contributed by atoms with van der Waals surface area (Å²) in [6, 6.07) is 22.2. The van der Waals surface area contributed by atoms with Gasteiger partial charge in [0.15, 0.2) is 0 Å². The van der Waals surface area contributed by atoms with Crippen LogP contribution in [0.3, 0.4) is 0 Å². The molecule has 0 amide bonds. The van der Waals surface area contributed by atoms with Gasteiger partial charge in [0.05, 0.1) is 0 Å². The van der Waals surface area contributed by atoms with E-state index in [4.69, 9.17) is 0 Å². The normalized spacial score (nSPS) is 19.0. The van der Waals surface area contributed by atoms with E-state index in [1.54, 1.807) is 0 Å². The molecule has 2 aromatic carbocycles. The highest BCUT2D eigenvalue weighted by molar-refractivity contribution is 5.30. The van der Waals surface area contributed by atoms with Crippen LogP contribution in [0.15, 0.2) is 73.1 Å². The third-order valence-electron chi connectivity index (χ3n) is 7.31. The van der Waals surface area contributed by atoms with E-state index in [9.17, 15) is 0 Å². The first-order valence-electron chi connectivity index (χ1n) is 13.0. The van der Waals surface area contributed by atoms with Crippen molar-refractivity contribution in [2.24, 2.45) is 0 Å². The Bertz CT molecular complexity index is 785. The third-order valence-corrected chi connectivity index (χ3v) is 7.31. The zero-order valence-electron chi connectivity index (χ0n) is 20.7. The molecule has 0 fully saturated rings. The summed E-state index contributed by atoms with van der Waals surface area (Å²) in [5.74, 6) is 0.443. The predicted octanol–water partition coefficient (Wildman–Crippen LogP) is 7.98. The van der Waals surface area contributed by atoms with Gasteiger partial charge in [0.25, 0.3) is 0 Å². The van der Waals surface area contributed by atoms with Crippen LogP contribution in [-0.2, 0) is 6.42 Å². The van der Waals surface area contributed by atoms with Crippen LogP contribution in [0.2, 0.25) is 0 Å². The van der Waals surface area contributed by atoms with Crippen molar-refractivity contribution in [3.63, 3.8) is 0 Å². The van der Waals surface area contributed by atoms with Crippen molar-refractivity contribution in [1.29, 1.82) is 0 Å². The average molecular weight is 433 g/mol. The first-order chi connectivity index (χ1) is 15.7. The molecule has 0 saturated heterocycles. The molecule has 0 spiro atoms. The largest absolute Gasteiger partial charge is 0.356 e. The van der Waals surface area contributed by atoms with E-state index < -0.39 is 0 Å². The van der Waals surface area contributed by atoms with E-state index in [1.807, 2.05) is 0 Å². The van der Waals surface area contributed by atoms with E-state index in [1.165, 1.54) is 62.5 Å². The Morgan fingerprint density at radius 1 is 0.719 bits per heavy atom. The molecule has 1 heterocycles. The Hall–Kier alpha value is -2.22. The van der Waals surface area contributed by atoms with Crippen molar-refractivity contribution in [2.45, 2.75) is 89.6 Å². The first kappa shape index (κ1) is 24.4. The van der Waals surface area contributed by atoms with Crippen LogP contribution in [-0.4, -0.2) is 29.1 Å². The lowest BCUT2D eigenvalue weighted by Crippen LogP contribution is -2.58. The summed E-state index contributed by atoms with van der Waals surface area (Å²) in [5, 5.41) is 0. The molecule has 0 saturated carbocycles. The van der Waals surface area contributed by atoms with Gasteiger partial charge in [-0.3, -0.25) is 0 Å². The summed E-state index contributed by atoms with van der Waals surface area (Å²) >= 11 is 0. The number of likely N-dealkylation sites (N-methyl/N-ethyl adjacent to an activating group) is 1. The predicted molar refractivity (Wildman–Crippen MR) is 139 cm³/mol. The highest BCUT2D eigenvalue weighted by atomic mass is 15.4. The van der Waals surface area contributed by atoms with E-state index in [0.717, 1.165) is 19.4 Å². The number of nitrogens with zero attached hydrogens (tertiary/aromatic N) is 2. The molecule has 2 atom stereocenters. The Kier molecular flexibility index (Phi) is 9.71. The summed E-state index contributed by atoms with van der Waals surface area (Å²) in [6.45, 7) is 5.78. The van der Waals surface area contributed by atoms with Crippen LogP contribution in [0.1, 0.15) is 88.7 Å². The average Bonchev–Trinajstić information content (AvgIpc) is 3.13. The fourth-order valence-electron chi connectivity index (χ4n) is 5.53. The fourth-order valence-corrected chi connectivity index (χ4v) is 5.53. The molecule has 2 heteroatoms. The van der Waals surface area contributed by atoms with Gasteiger partial charge in [-0.1, -0.05) is 119 Å². The Labute approximate surface area is 197 Å². The van der Waals surface area contributed by atoms with Crippen molar-refractivity contribution < 1.29 is 0 Å². The molecule has 32 heavy (non-hydrogen) atoms. The lowest BCUT2D eigenvalue weighted by molar-refractivity contribution is 0.0121. The van der Waals surface area contributed by atoms with Crippen molar-refractivity contribution in [3.8, 4) is 0 Å². The second kappa shape index (κ2) is 12.7. The monoisotopic (exact) mass is 432 g/mol. The smallest absolute Gasteiger partial charge is 0.123 e. The second-order valence-electron chi connectivity index (χ2n) is 9.49. The molecule has 0 aromatic heterocycles. The molecule has 2 unspecified atom stereocenters. The summed E-state index contributed by atoms with van der Waals surface area (Å²) in [6.07, 6.45) is 17.7. The minimum Gasteiger partial charge on any atom is -0.356 e. The second-order valence-corrected chi connectivity index (χ2v) is 9.49. The summed E-state index contributed by atoms with van der Waals surface area (Å²) in [5.41, 5.74) is 2.80. The van der Waals surface area contributed by atoms with Crippen molar-refractivity contribution in [2.75, 3.05) is 13.6 Å². The van der Waals surface area contributed by atoms with E-state index >= 15 is 0 Å². The molecular formula is C30H44N2. The number of hydrogen-bond acceptors (Lipinski definition) is 2. The van der Waals surface area contributed by atoms with Crippen LogP contribution in [0.4, 0.5) is 0 Å². The highest BCUT2D eigenvalue weighted by Gasteiger charge is 2.47. The third kappa shape index (κ3) is 5.97. The number of benzene rings is 2. The van der Waals surface area contributed by atoms with Crippen molar-refractivity contribution in [3.05, 3.63) is 84.2 Å². The molecular weight excluding hydrogens is 388 g/mol. The quantitative estimate of drug-likeness (QED) is 0.279. The standard InChI is InChI=1S/C30H44N2/c1-4-6-7-8-9-10-11-18-23-32-25-24-31(3)30(32,26-27-19-14-12-15-20-27)29(5-2)28-21-16-13-17-22-28/h12-17,19-22,24-25,29H,4-11,18,23,26H2,1-3H3. The SMILES string of the molecule is CCCCCCCCCCN1C=CN(C)C1(Cc1ccccc1)C(CC)c1ccccc1. The Morgan fingerprint density at radius 2 is 1.31 bits per heavy atom. The van der Waals surface area contributed by atoms with Crippen molar-refractivity contribution in [1.82, 2.24) is 9.80 Å². The Balaban J connectivity index is 1.75. The molecule has 1 aliphatic heterocycles. The molecule has 3 rings (SSSR count). The van der Waals surface area contributed by atoms with E-state index in [-0.39, 0.29) is 5.66 Å². The minimum atomic E-state index is -0.0570.